The Bertz CT molecular complexity index is 292. The lowest BCUT2D eigenvalue weighted by molar-refractivity contribution is -0.125. The molecule has 0 aliphatic heterocycles. The van der Waals surface area contributed by atoms with Crippen molar-refractivity contribution in [2.45, 2.75) is 51.9 Å². The van der Waals surface area contributed by atoms with Crippen LogP contribution in [0.4, 0.5) is 9.18 Å². The van der Waals surface area contributed by atoms with Crippen LogP contribution in [0.1, 0.15) is 34.6 Å². The van der Waals surface area contributed by atoms with Crippen molar-refractivity contribution in [1.29, 1.82) is 0 Å². The molecule has 0 heterocycles. The minimum absolute atomic E-state index is 0.608. The molecule has 0 saturated heterocycles. The number of alkyl carbamates (subject to hydrolysis) is 1. The Morgan fingerprint density at radius 2 is 1.65 bits per heavy atom. The summed E-state index contributed by atoms with van der Waals surface area (Å²) in [5, 5.41) is 4.51. The van der Waals surface area contributed by atoms with Gasteiger partial charge in [-0.25, -0.2) is 9.18 Å². The molecule has 5 nitrogen and oxygen atoms in total. The molecule has 0 aromatic heterocycles. The first kappa shape index (κ1) is 15.7. The van der Waals surface area contributed by atoms with E-state index in [1.807, 2.05) is 0 Å². The third kappa shape index (κ3) is 6.09. The number of nitrogens with one attached hydrogen (secondary N) is 2. The van der Waals surface area contributed by atoms with Crippen LogP contribution in [0.5, 0.6) is 0 Å². The van der Waals surface area contributed by atoms with Gasteiger partial charge < -0.3 is 15.4 Å². The summed E-state index contributed by atoms with van der Waals surface area (Å²) in [7, 11) is 1.37. The van der Waals surface area contributed by atoms with E-state index in [9.17, 15) is 14.0 Å². The van der Waals surface area contributed by atoms with E-state index in [0.717, 1.165) is 0 Å². The maximum Gasteiger partial charge on any atom is 0.408 e. The van der Waals surface area contributed by atoms with E-state index in [1.54, 1.807) is 20.8 Å². The SMILES string of the molecule is CNC(=O)[C@@H](NC(=O)OC(C)(C)C)C(C)(C)F. The molecule has 0 radical (unpaired) electrons. The molecule has 2 amide bonds. The Morgan fingerprint density at radius 1 is 1.18 bits per heavy atom. The zero-order chi connectivity index (χ0) is 13.9. The van der Waals surface area contributed by atoms with Crippen molar-refractivity contribution in [3.8, 4) is 0 Å². The fourth-order valence-electron chi connectivity index (χ4n) is 1.12. The number of hydrogen-bond donors (Lipinski definition) is 2. The molecular formula is C11H21FN2O3. The van der Waals surface area contributed by atoms with E-state index in [0.29, 0.717) is 0 Å². The van der Waals surface area contributed by atoms with Gasteiger partial charge >= 0.3 is 6.09 Å². The van der Waals surface area contributed by atoms with Crippen LogP contribution in [0, 0.1) is 0 Å². The van der Waals surface area contributed by atoms with Crippen molar-refractivity contribution in [2.75, 3.05) is 7.05 Å². The molecule has 17 heavy (non-hydrogen) atoms. The standard InChI is InChI=1S/C11H21FN2O3/c1-10(2,3)17-9(16)14-7(8(15)13-6)11(4,5)12/h7H,1-6H3,(H,13,15)(H,14,16)/t7-/m1/s1. The fourth-order valence-corrected chi connectivity index (χ4v) is 1.12. The van der Waals surface area contributed by atoms with Crippen molar-refractivity contribution >= 4 is 12.0 Å². The molecule has 0 aromatic carbocycles. The monoisotopic (exact) mass is 248 g/mol. The summed E-state index contributed by atoms with van der Waals surface area (Å²) in [6.45, 7) is 7.47. The van der Waals surface area contributed by atoms with Gasteiger partial charge in [-0.3, -0.25) is 4.79 Å². The summed E-state index contributed by atoms with van der Waals surface area (Å²) < 4.78 is 18.7. The molecule has 100 valence electrons. The minimum Gasteiger partial charge on any atom is -0.444 e. The molecule has 0 aliphatic carbocycles. The molecule has 0 saturated carbocycles. The average molecular weight is 248 g/mol. The summed E-state index contributed by atoms with van der Waals surface area (Å²) >= 11 is 0. The molecule has 0 unspecified atom stereocenters. The van der Waals surface area contributed by atoms with Gasteiger partial charge in [-0.05, 0) is 34.6 Å². The van der Waals surface area contributed by atoms with Crippen LogP contribution >= 0.6 is 0 Å². The van der Waals surface area contributed by atoms with Crippen LogP contribution in [0.2, 0.25) is 0 Å². The lowest BCUT2D eigenvalue weighted by atomic mass is 10.0. The Kier molecular flexibility index (Phi) is 4.92. The van der Waals surface area contributed by atoms with Gasteiger partial charge in [0.15, 0.2) is 0 Å². The number of ether oxygens (including phenoxy) is 1. The zero-order valence-corrected chi connectivity index (χ0v) is 11.2. The number of rotatable bonds is 3. The molecule has 6 heteroatoms. The van der Waals surface area contributed by atoms with Crippen molar-refractivity contribution in [3.05, 3.63) is 0 Å². The Balaban J connectivity index is 4.67. The van der Waals surface area contributed by atoms with Crippen LogP contribution < -0.4 is 10.6 Å². The van der Waals surface area contributed by atoms with Gasteiger partial charge in [0.05, 0.1) is 0 Å². The number of alkyl halides is 1. The number of halogens is 1. The van der Waals surface area contributed by atoms with Crippen molar-refractivity contribution in [2.24, 2.45) is 0 Å². The predicted molar refractivity (Wildman–Crippen MR) is 62.4 cm³/mol. The minimum atomic E-state index is -1.88. The van der Waals surface area contributed by atoms with Crippen LogP contribution in [-0.2, 0) is 9.53 Å². The summed E-state index contributed by atoms with van der Waals surface area (Å²) in [5.74, 6) is -0.608. The Labute approximate surface area is 101 Å². The molecule has 1 atom stereocenters. The first-order valence-corrected chi connectivity index (χ1v) is 5.37. The summed E-state index contributed by atoms with van der Waals surface area (Å²) in [6, 6.07) is -1.29. The molecule has 0 rings (SSSR count). The van der Waals surface area contributed by atoms with E-state index in [1.165, 1.54) is 20.9 Å². The molecule has 0 spiro atoms. The smallest absolute Gasteiger partial charge is 0.408 e. The van der Waals surface area contributed by atoms with E-state index < -0.39 is 29.3 Å². The summed E-state index contributed by atoms with van der Waals surface area (Å²) in [6.07, 6.45) is -0.822. The number of carbonyl (C=O) groups is 2. The van der Waals surface area contributed by atoms with Crippen LogP contribution in [0.3, 0.4) is 0 Å². The van der Waals surface area contributed by atoms with Gasteiger partial charge in [-0.2, -0.15) is 0 Å². The maximum absolute atomic E-state index is 13.8. The third-order valence-electron chi connectivity index (χ3n) is 1.86. The van der Waals surface area contributed by atoms with Gasteiger partial charge in [0.1, 0.15) is 17.3 Å². The number of likely N-dealkylation sites (N-methyl/N-ethyl adjacent to an activating group) is 1. The van der Waals surface area contributed by atoms with Crippen molar-refractivity contribution < 1.29 is 18.7 Å². The number of hydrogen-bond acceptors (Lipinski definition) is 3. The molecular weight excluding hydrogens is 227 g/mol. The number of carbonyl (C=O) groups excluding carboxylic acids is 2. The second kappa shape index (κ2) is 5.33. The molecule has 0 bridgehead atoms. The van der Waals surface area contributed by atoms with E-state index in [2.05, 4.69) is 10.6 Å². The highest BCUT2D eigenvalue weighted by atomic mass is 19.1. The van der Waals surface area contributed by atoms with E-state index in [-0.39, 0.29) is 0 Å². The highest BCUT2D eigenvalue weighted by Gasteiger charge is 2.37. The second-order valence-electron chi connectivity index (χ2n) is 5.26. The van der Waals surface area contributed by atoms with E-state index in [4.69, 9.17) is 4.74 Å². The first-order valence-electron chi connectivity index (χ1n) is 5.37. The number of amides is 2. The second-order valence-corrected chi connectivity index (χ2v) is 5.26. The normalized spacial score (nSPS) is 13.8. The van der Waals surface area contributed by atoms with Crippen molar-refractivity contribution in [1.82, 2.24) is 10.6 Å². The Hall–Kier alpha value is -1.33. The van der Waals surface area contributed by atoms with Gasteiger partial charge in [0, 0.05) is 7.05 Å². The quantitative estimate of drug-likeness (QED) is 0.792. The Morgan fingerprint density at radius 3 is 1.94 bits per heavy atom. The average Bonchev–Trinajstić information content (AvgIpc) is 2.08. The third-order valence-corrected chi connectivity index (χ3v) is 1.86. The molecule has 0 fully saturated rings. The van der Waals surface area contributed by atoms with Gasteiger partial charge in [0.2, 0.25) is 5.91 Å². The van der Waals surface area contributed by atoms with Gasteiger partial charge in [0.25, 0.3) is 0 Å². The summed E-state index contributed by atoms with van der Waals surface area (Å²) in [4.78, 5) is 22.9. The molecule has 0 aromatic rings. The highest BCUT2D eigenvalue weighted by Crippen LogP contribution is 2.16. The maximum atomic E-state index is 13.8. The van der Waals surface area contributed by atoms with Gasteiger partial charge in [-0.15, -0.1) is 0 Å². The summed E-state index contributed by atoms with van der Waals surface area (Å²) in [5.41, 5.74) is -2.57. The predicted octanol–water partition coefficient (Wildman–Crippen LogP) is 1.37. The molecule has 2 N–H and O–H groups in total. The van der Waals surface area contributed by atoms with Crippen LogP contribution in [0.25, 0.3) is 0 Å². The van der Waals surface area contributed by atoms with E-state index >= 15 is 0 Å². The largest absolute Gasteiger partial charge is 0.444 e. The van der Waals surface area contributed by atoms with Crippen LogP contribution in [0.15, 0.2) is 0 Å². The fraction of sp³-hybridized carbons (Fsp3) is 0.818. The molecule has 0 aliphatic rings. The lowest BCUT2D eigenvalue weighted by Gasteiger charge is -2.28. The topological polar surface area (TPSA) is 67.4 Å². The first-order chi connectivity index (χ1) is 7.47. The van der Waals surface area contributed by atoms with Crippen molar-refractivity contribution in [3.63, 3.8) is 0 Å². The highest BCUT2D eigenvalue weighted by molar-refractivity contribution is 5.86. The van der Waals surface area contributed by atoms with Crippen LogP contribution in [-0.4, -0.2) is 36.4 Å². The lowest BCUT2D eigenvalue weighted by Crippen LogP contribution is -2.56. The zero-order valence-electron chi connectivity index (χ0n) is 11.2. The van der Waals surface area contributed by atoms with Gasteiger partial charge in [-0.1, -0.05) is 0 Å².